The van der Waals surface area contributed by atoms with Crippen LogP contribution in [0.5, 0.6) is 5.75 Å². The van der Waals surface area contributed by atoms with Crippen LogP contribution in [0, 0.1) is 5.82 Å². The summed E-state index contributed by atoms with van der Waals surface area (Å²) in [5.41, 5.74) is 0.267. The van der Waals surface area contributed by atoms with E-state index in [1.807, 2.05) is 0 Å². The van der Waals surface area contributed by atoms with Crippen LogP contribution in [-0.2, 0) is 0 Å². The average Bonchev–Trinajstić information content (AvgIpc) is 2.41. The summed E-state index contributed by atoms with van der Waals surface area (Å²) >= 11 is 12.3. The number of hydrogen-bond donors (Lipinski definition) is 1. The number of benzene rings is 2. The third-order valence-corrected chi connectivity index (χ3v) is 4.08. The lowest BCUT2D eigenvalue weighted by Crippen LogP contribution is -2.14. The van der Waals surface area contributed by atoms with Gasteiger partial charge in [0.05, 0.1) is 27.3 Å². The van der Waals surface area contributed by atoms with E-state index in [4.69, 9.17) is 16.3 Å². The second-order valence-electron chi connectivity index (χ2n) is 4.02. The van der Waals surface area contributed by atoms with Gasteiger partial charge in [-0.3, -0.25) is 4.79 Å². The lowest BCUT2D eigenvalue weighted by Gasteiger charge is -2.13. The molecule has 0 aliphatic rings. The summed E-state index contributed by atoms with van der Waals surface area (Å²) in [4.78, 5) is 12.2. The zero-order valence-corrected chi connectivity index (χ0v) is 14.6. The van der Waals surface area contributed by atoms with Gasteiger partial charge in [0.2, 0.25) is 0 Å². The van der Waals surface area contributed by atoms with Crippen molar-refractivity contribution in [1.82, 2.24) is 0 Å². The molecular weight excluding hydrogens is 428 g/mol. The molecule has 0 heterocycles. The summed E-state index contributed by atoms with van der Waals surface area (Å²) in [5.74, 6) is -0.820. The molecule has 0 aliphatic heterocycles. The Morgan fingerprint density at radius 3 is 2.67 bits per heavy atom. The first-order valence-corrected chi connectivity index (χ1v) is 7.69. The normalized spacial score (nSPS) is 10.3. The zero-order chi connectivity index (χ0) is 15.6. The number of halogens is 4. The van der Waals surface area contributed by atoms with E-state index in [9.17, 15) is 9.18 Å². The van der Waals surface area contributed by atoms with Crippen LogP contribution >= 0.6 is 43.5 Å². The van der Waals surface area contributed by atoms with Gasteiger partial charge in [0.25, 0.3) is 5.91 Å². The molecule has 2 aromatic rings. The number of rotatable bonds is 3. The molecule has 0 saturated carbocycles. The first-order valence-electron chi connectivity index (χ1n) is 5.72. The van der Waals surface area contributed by atoms with Gasteiger partial charge in [0.15, 0.2) is 5.75 Å². The van der Waals surface area contributed by atoms with Gasteiger partial charge in [-0.2, -0.15) is 0 Å². The molecule has 0 saturated heterocycles. The molecule has 0 aliphatic carbocycles. The Kier molecular flexibility index (Phi) is 5.24. The van der Waals surface area contributed by atoms with E-state index in [1.54, 1.807) is 12.1 Å². The summed E-state index contributed by atoms with van der Waals surface area (Å²) < 4.78 is 19.9. The van der Waals surface area contributed by atoms with Crippen LogP contribution in [0.1, 0.15) is 10.4 Å². The lowest BCUT2D eigenvalue weighted by atomic mass is 10.2. The fraction of sp³-hybridized carbons (Fsp3) is 0.0714. The van der Waals surface area contributed by atoms with E-state index in [-0.39, 0.29) is 10.0 Å². The highest BCUT2D eigenvalue weighted by molar-refractivity contribution is 9.10. The summed E-state index contributed by atoms with van der Waals surface area (Å²) in [6.07, 6.45) is 0. The van der Waals surface area contributed by atoms with E-state index in [1.165, 1.54) is 25.3 Å². The molecular formula is C14H9Br2ClFNO2. The van der Waals surface area contributed by atoms with Crippen LogP contribution in [0.2, 0.25) is 5.02 Å². The van der Waals surface area contributed by atoms with Crippen molar-refractivity contribution < 1.29 is 13.9 Å². The van der Waals surface area contributed by atoms with E-state index >= 15 is 0 Å². The minimum Gasteiger partial charge on any atom is -0.493 e. The molecule has 0 atom stereocenters. The van der Waals surface area contributed by atoms with Gasteiger partial charge in [-0.25, -0.2) is 4.39 Å². The van der Waals surface area contributed by atoms with Gasteiger partial charge in [0.1, 0.15) is 5.82 Å². The zero-order valence-electron chi connectivity index (χ0n) is 10.7. The van der Waals surface area contributed by atoms with Crippen molar-refractivity contribution in [2.45, 2.75) is 0 Å². The predicted molar refractivity (Wildman–Crippen MR) is 87.8 cm³/mol. The molecule has 2 aromatic carbocycles. The van der Waals surface area contributed by atoms with Crippen molar-refractivity contribution in [3.8, 4) is 5.75 Å². The van der Waals surface area contributed by atoms with Gasteiger partial charge in [0, 0.05) is 5.02 Å². The number of ether oxygens (including phenoxy) is 1. The summed E-state index contributed by atoms with van der Waals surface area (Å²) in [7, 11) is 1.46. The van der Waals surface area contributed by atoms with Crippen molar-refractivity contribution in [3.05, 3.63) is 55.7 Å². The maximum atomic E-state index is 13.9. The highest BCUT2D eigenvalue weighted by Crippen LogP contribution is 2.36. The Morgan fingerprint density at radius 1 is 1.29 bits per heavy atom. The third kappa shape index (κ3) is 3.56. The molecule has 0 spiro atoms. The molecule has 21 heavy (non-hydrogen) atoms. The number of methoxy groups -OCH3 is 1. The second-order valence-corrected chi connectivity index (χ2v) is 6.17. The third-order valence-electron chi connectivity index (χ3n) is 2.66. The van der Waals surface area contributed by atoms with E-state index in [0.717, 1.165) is 0 Å². The fourth-order valence-electron chi connectivity index (χ4n) is 1.73. The first kappa shape index (κ1) is 16.3. The number of hydrogen-bond acceptors (Lipinski definition) is 2. The van der Waals surface area contributed by atoms with Crippen molar-refractivity contribution in [2.24, 2.45) is 0 Å². The Hall–Kier alpha value is -1.11. The van der Waals surface area contributed by atoms with Crippen LogP contribution in [-0.4, -0.2) is 13.0 Å². The SMILES string of the molecule is COc1c(Br)cc(Cl)cc1NC(=O)c1cccc(Br)c1F. The molecule has 0 bridgehead atoms. The predicted octanol–water partition coefficient (Wildman–Crippen LogP) is 5.27. The van der Waals surface area contributed by atoms with Gasteiger partial charge in [-0.15, -0.1) is 0 Å². The number of nitrogens with one attached hydrogen (secondary N) is 1. The monoisotopic (exact) mass is 435 g/mol. The Morgan fingerprint density at radius 2 is 2.00 bits per heavy atom. The van der Waals surface area contributed by atoms with Crippen LogP contribution in [0.3, 0.4) is 0 Å². The van der Waals surface area contributed by atoms with E-state index in [0.29, 0.717) is 20.9 Å². The van der Waals surface area contributed by atoms with Crippen molar-refractivity contribution in [3.63, 3.8) is 0 Å². The minimum absolute atomic E-state index is 0.0810. The van der Waals surface area contributed by atoms with Crippen LogP contribution in [0.4, 0.5) is 10.1 Å². The molecule has 1 amide bonds. The van der Waals surface area contributed by atoms with E-state index in [2.05, 4.69) is 37.2 Å². The summed E-state index contributed by atoms with van der Waals surface area (Å²) in [6, 6.07) is 7.64. The average molecular weight is 437 g/mol. The van der Waals surface area contributed by atoms with Crippen molar-refractivity contribution in [2.75, 3.05) is 12.4 Å². The van der Waals surface area contributed by atoms with Crippen LogP contribution in [0.15, 0.2) is 39.3 Å². The molecule has 0 unspecified atom stereocenters. The summed E-state index contributed by atoms with van der Waals surface area (Å²) in [6.45, 7) is 0. The van der Waals surface area contributed by atoms with Crippen LogP contribution < -0.4 is 10.1 Å². The molecule has 0 aromatic heterocycles. The standard InChI is InChI=1S/C14H9Br2ClFNO2/c1-21-13-10(16)5-7(17)6-11(13)19-14(20)8-3-2-4-9(15)12(8)18/h2-6H,1H3,(H,19,20). The van der Waals surface area contributed by atoms with Crippen molar-refractivity contribution >= 4 is 55.1 Å². The fourth-order valence-corrected chi connectivity index (χ4v) is 3.07. The summed E-state index contributed by atoms with van der Waals surface area (Å²) in [5, 5.41) is 3.00. The molecule has 1 N–H and O–H groups in total. The first-order chi connectivity index (χ1) is 9.93. The molecule has 0 fully saturated rings. The highest BCUT2D eigenvalue weighted by Gasteiger charge is 2.17. The molecule has 110 valence electrons. The molecule has 0 radical (unpaired) electrons. The number of carbonyl (C=O) groups excluding carboxylic acids is 1. The maximum absolute atomic E-state index is 13.9. The number of carbonyl (C=O) groups is 1. The van der Waals surface area contributed by atoms with E-state index < -0.39 is 11.7 Å². The Balaban J connectivity index is 2.38. The van der Waals surface area contributed by atoms with Gasteiger partial charge < -0.3 is 10.1 Å². The minimum atomic E-state index is -0.630. The van der Waals surface area contributed by atoms with Crippen molar-refractivity contribution in [1.29, 1.82) is 0 Å². The van der Waals surface area contributed by atoms with Gasteiger partial charge >= 0.3 is 0 Å². The topological polar surface area (TPSA) is 38.3 Å². The largest absolute Gasteiger partial charge is 0.493 e. The molecule has 2 rings (SSSR count). The second kappa shape index (κ2) is 6.77. The Bertz CT molecular complexity index is 710. The number of anilines is 1. The van der Waals surface area contributed by atoms with Crippen LogP contribution in [0.25, 0.3) is 0 Å². The lowest BCUT2D eigenvalue weighted by molar-refractivity contribution is 0.102. The Labute approximate surface area is 142 Å². The number of amides is 1. The highest BCUT2D eigenvalue weighted by atomic mass is 79.9. The maximum Gasteiger partial charge on any atom is 0.258 e. The van der Waals surface area contributed by atoms with Gasteiger partial charge in [-0.05, 0) is 56.1 Å². The van der Waals surface area contributed by atoms with Gasteiger partial charge in [-0.1, -0.05) is 17.7 Å². The smallest absolute Gasteiger partial charge is 0.258 e. The molecule has 3 nitrogen and oxygen atoms in total. The molecule has 7 heteroatoms. The quantitative estimate of drug-likeness (QED) is 0.711.